The van der Waals surface area contributed by atoms with Gasteiger partial charge in [-0.1, -0.05) is 25.1 Å². The van der Waals surface area contributed by atoms with Gasteiger partial charge in [0.05, 0.1) is 0 Å². The normalized spacial score (nSPS) is 10.4. The summed E-state index contributed by atoms with van der Waals surface area (Å²) < 4.78 is 5.51. The molecule has 4 heteroatoms. The van der Waals surface area contributed by atoms with Crippen LogP contribution in [0, 0.1) is 0 Å². The summed E-state index contributed by atoms with van der Waals surface area (Å²) in [4.78, 5) is 15.1. The van der Waals surface area contributed by atoms with Gasteiger partial charge in [0.2, 0.25) is 5.89 Å². The molecule has 0 bridgehead atoms. The van der Waals surface area contributed by atoms with Crippen LogP contribution in [0.4, 0.5) is 0 Å². The van der Waals surface area contributed by atoms with Crippen molar-refractivity contribution in [1.29, 1.82) is 0 Å². The molecule has 1 aromatic carbocycles. The summed E-state index contributed by atoms with van der Waals surface area (Å²) in [7, 11) is 0. The van der Waals surface area contributed by atoms with Gasteiger partial charge in [-0.25, -0.2) is 9.78 Å². The van der Waals surface area contributed by atoms with Gasteiger partial charge in [0.1, 0.15) is 5.76 Å². The van der Waals surface area contributed by atoms with Gasteiger partial charge >= 0.3 is 5.97 Å². The van der Waals surface area contributed by atoms with Crippen LogP contribution in [-0.4, -0.2) is 16.1 Å². The van der Waals surface area contributed by atoms with Crippen molar-refractivity contribution in [2.45, 2.75) is 19.8 Å². The molecule has 0 saturated carbocycles. The molecule has 0 radical (unpaired) electrons. The lowest BCUT2D eigenvalue weighted by Gasteiger charge is -1.93. The number of aromatic nitrogens is 1. The van der Waals surface area contributed by atoms with Gasteiger partial charge in [0, 0.05) is 12.0 Å². The van der Waals surface area contributed by atoms with E-state index >= 15 is 0 Å². The Morgan fingerprint density at radius 3 is 2.65 bits per heavy atom. The summed E-state index contributed by atoms with van der Waals surface area (Å²) in [5, 5.41) is 9.03. The molecule has 2 rings (SSSR count). The maximum Gasteiger partial charge on any atom is 0.358 e. The van der Waals surface area contributed by atoms with Crippen LogP contribution in [0.3, 0.4) is 0 Å². The van der Waals surface area contributed by atoms with Crippen molar-refractivity contribution < 1.29 is 14.3 Å². The maximum absolute atomic E-state index is 11.0. The number of rotatable bonds is 4. The van der Waals surface area contributed by atoms with Crippen molar-refractivity contribution in [3.8, 4) is 11.5 Å². The highest BCUT2D eigenvalue weighted by molar-refractivity contribution is 5.87. The molecular formula is C13H13NO3. The van der Waals surface area contributed by atoms with Crippen LogP contribution in [0.1, 0.15) is 29.6 Å². The molecule has 0 saturated heterocycles. The second kappa shape index (κ2) is 4.82. The number of nitrogens with zero attached hydrogens (tertiary/aromatic N) is 1. The van der Waals surface area contributed by atoms with E-state index in [1.165, 1.54) is 0 Å². The Morgan fingerprint density at radius 2 is 2.06 bits per heavy atom. The van der Waals surface area contributed by atoms with Crippen LogP contribution in [0.25, 0.3) is 11.5 Å². The molecule has 1 N–H and O–H groups in total. The Bertz CT molecular complexity index is 517. The Hall–Kier alpha value is -2.10. The fourth-order valence-corrected chi connectivity index (χ4v) is 1.62. The Balaban J connectivity index is 2.44. The van der Waals surface area contributed by atoms with E-state index in [-0.39, 0.29) is 5.69 Å². The molecular weight excluding hydrogens is 218 g/mol. The minimum atomic E-state index is -1.04. The van der Waals surface area contributed by atoms with Crippen molar-refractivity contribution in [3.63, 3.8) is 0 Å². The van der Waals surface area contributed by atoms with E-state index in [1.807, 2.05) is 37.3 Å². The maximum atomic E-state index is 11.0. The summed E-state index contributed by atoms with van der Waals surface area (Å²) in [5.74, 6) is -0.232. The summed E-state index contributed by atoms with van der Waals surface area (Å²) in [6.07, 6.45) is 1.41. The highest BCUT2D eigenvalue weighted by Gasteiger charge is 2.19. The smallest absolute Gasteiger partial charge is 0.358 e. The van der Waals surface area contributed by atoms with Gasteiger partial charge in [-0.05, 0) is 18.6 Å². The van der Waals surface area contributed by atoms with Gasteiger partial charge in [0.15, 0.2) is 5.69 Å². The number of aromatic carboxylic acids is 1. The molecule has 1 heterocycles. The molecule has 0 amide bonds. The molecule has 0 fully saturated rings. The molecule has 0 atom stereocenters. The summed E-state index contributed by atoms with van der Waals surface area (Å²) in [6.45, 7) is 1.97. The van der Waals surface area contributed by atoms with Crippen molar-refractivity contribution >= 4 is 5.97 Å². The minimum absolute atomic E-state index is 0.0192. The number of aryl methyl sites for hydroxylation is 1. The predicted octanol–water partition coefficient (Wildman–Crippen LogP) is 2.99. The number of benzene rings is 1. The highest BCUT2D eigenvalue weighted by Crippen LogP contribution is 2.22. The lowest BCUT2D eigenvalue weighted by atomic mass is 10.2. The fraction of sp³-hybridized carbons (Fsp3) is 0.231. The molecule has 88 valence electrons. The molecule has 17 heavy (non-hydrogen) atoms. The molecule has 4 nitrogen and oxygen atoms in total. The summed E-state index contributed by atoms with van der Waals surface area (Å²) in [5.41, 5.74) is 0.808. The first-order valence-electron chi connectivity index (χ1n) is 5.50. The molecule has 1 aromatic heterocycles. The van der Waals surface area contributed by atoms with E-state index in [4.69, 9.17) is 9.52 Å². The third-order valence-corrected chi connectivity index (χ3v) is 2.40. The fourth-order valence-electron chi connectivity index (χ4n) is 1.62. The topological polar surface area (TPSA) is 63.3 Å². The van der Waals surface area contributed by atoms with Gasteiger partial charge in [-0.15, -0.1) is 0 Å². The third kappa shape index (κ3) is 2.36. The van der Waals surface area contributed by atoms with E-state index in [0.29, 0.717) is 18.1 Å². The first-order valence-corrected chi connectivity index (χ1v) is 5.50. The van der Waals surface area contributed by atoms with E-state index < -0.39 is 5.97 Å². The van der Waals surface area contributed by atoms with E-state index in [2.05, 4.69) is 4.98 Å². The van der Waals surface area contributed by atoms with Crippen LogP contribution in [-0.2, 0) is 6.42 Å². The van der Waals surface area contributed by atoms with Gasteiger partial charge in [0.25, 0.3) is 0 Å². The zero-order chi connectivity index (χ0) is 12.3. The predicted molar refractivity (Wildman–Crippen MR) is 62.9 cm³/mol. The number of hydrogen-bond donors (Lipinski definition) is 1. The monoisotopic (exact) mass is 231 g/mol. The van der Waals surface area contributed by atoms with Gasteiger partial charge in [-0.2, -0.15) is 0 Å². The first kappa shape index (κ1) is 11.4. The van der Waals surface area contributed by atoms with Crippen molar-refractivity contribution in [1.82, 2.24) is 4.98 Å². The average Bonchev–Trinajstić information content (AvgIpc) is 2.75. The zero-order valence-corrected chi connectivity index (χ0v) is 9.51. The second-order valence-electron chi connectivity index (χ2n) is 3.71. The highest BCUT2D eigenvalue weighted by atomic mass is 16.4. The number of carboxylic acid groups (broad SMARTS) is 1. The minimum Gasteiger partial charge on any atom is -0.476 e. The van der Waals surface area contributed by atoms with Crippen LogP contribution in [0.15, 0.2) is 34.7 Å². The Morgan fingerprint density at radius 1 is 1.35 bits per heavy atom. The zero-order valence-electron chi connectivity index (χ0n) is 9.51. The number of carbonyl (C=O) groups is 1. The van der Waals surface area contributed by atoms with Crippen molar-refractivity contribution in [3.05, 3.63) is 41.8 Å². The summed E-state index contributed by atoms with van der Waals surface area (Å²) >= 11 is 0. The van der Waals surface area contributed by atoms with E-state index in [1.54, 1.807) is 0 Å². The molecule has 0 aliphatic carbocycles. The molecule has 0 unspecified atom stereocenters. The average molecular weight is 231 g/mol. The Kier molecular flexibility index (Phi) is 3.23. The van der Waals surface area contributed by atoms with E-state index in [0.717, 1.165) is 12.0 Å². The molecule has 0 spiro atoms. The molecule has 0 aliphatic rings. The lowest BCUT2D eigenvalue weighted by Crippen LogP contribution is -2.00. The van der Waals surface area contributed by atoms with Gasteiger partial charge < -0.3 is 9.52 Å². The van der Waals surface area contributed by atoms with Crippen LogP contribution < -0.4 is 0 Å². The quantitative estimate of drug-likeness (QED) is 0.878. The third-order valence-electron chi connectivity index (χ3n) is 2.40. The van der Waals surface area contributed by atoms with Gasteiger partial charge in [-0.3, -0.25) is 0 Å². The number of hydrogen-bond acceptors (Lipinski definition) is 3. The first-order chi connectivity index (χ1) is 8.22. The van der Waals surface area contributed by atoms with Crippen LogP contribution in [0.5, 0.6) is 0 Å². The largest absolute Gasteiger partial charge is 0.476 e. The number of carboxylic acids is 1. The SMILES string of the molecule is CCCc1oc(-c2ccccc2)nc1C(=O)O. The van der Waals surface area contributed by atoms with Crippen LogP contribution >= 0.6 is 0 Å². The standard InChI is InChI=1S/C13H13NO3/c1-2-6-10-11(13(15)16)14-12(17-10)9-7-4-3-5-8-9/h3-5,7-8H,2,6H2,1H3,(H,15,16). The van der Waals surface area contributed by atoms with Crippen LogP contribution in [0.2, 0.25) is 0 Å². The Labute approximate surface area is 98.9 Å². The van der Waals surface area contributed by atoms with Crippen molar-refractivity contribution in [2.75, 3.05) is 0 Å². The van der Waals surface area contributed by atoms with Crippen molar-refractivity contribution in [2.24, 2.45) is 0 Å². The number of oxazole rings is 1. The molecule has 2 aromatic rings. The second-order valence-corrected chi connectivity index (χ2v) is 3.71. The molecule has 0 aliphatic heterocycles. The lowest BCUT2D eigenvalue weighted by molar-refractivity contribution is 0.0689. The van der Waals surface area contributed by atoms with E-state index in [9.17, 15) is 4.79 Å². The summed E-state index contributed by atoms with van der Waals surface area (Å²) in [6, 6.07) is 9.29.